The van der Waals surface area contributed by atoms with Crippen molar-refractivity contribution < 1.29 is 14.7 Å². The molecule has 4 saturated carbocycles. The Labute approximate surface area is 138 Å². The predicted octanol–water partition coefficient (Wildman–Crippen LogP) is 3.08. The Balaban J connectivity index is 1.65. The number of carbonyl (C=O) groups is 2. The number of amides is 1. The summed E-state index contributed by atoms with van der Waals surface area (Å²) in [6.07, 6.45) is 7.69. The number of carboxylic acid groups (broad SMARTS) is 1. The maximum Gasteiger partial charge on any atom is 0.348 e. The molecule has 4 aliphatic carbocycles. The highest BCUT2D eigenvalue weighted by Gasteiger charge is 2.54. The number of nitrogens with zero attached hydrogens (tertiary/aromatic N) is 1. The van der Waals surface area contributed by atoms with Crippen LogP contribution in [-0.4, -0.2) is 23.2 Å². The molecule has 0 aromatic rings. The first-order valence-corrected chi connectivity index (χ1v) is 8.27. The highest BCUT2D eigenvalue weighted by Crippen LogP contribution is 2.60. The Morgan fingerprint density at radius 2 is 1.59 bits per heavy atom. The SMILES string of the molecule is O=C(O)/C(Cl)=C(Cl)/C=N\NC(=O)C12CC3CC(CC(C3)C1)C2. The van der Waals surface area contributed by atoms with Crippen molar-refractivity contribution >= 4 is 41.3 Å². The molecule has 1 amide bonds. The van der Waals surface area contributed by atoms with Crippen molar-refractivity contribution in [3.63, 3.8) is 0 Å². The summed E-state index contributed by atoms with van der Waals surface area (Å²) in [5.74, 6) is 0.618. The summed E-state index contributed by atoms with van der Waals surface area (Å²) in [6.45, 7) is 0. The van der Waals surface area contributed by atoms with E-state index in [1.165, 1.54) is 19.3 Å². The number of nitrogens with one attached hydrogen (secondary N) is 1. The van der Waals surface area contributed by atoms with Crippen LogP contribution in [0.2, 0.25) is 0 Å². The Bertz CT molecular complexity index is 536. The standard InChI is InChI=1S/C15H18Cl2N2O3/c16-11(12(17)13(20)21)7-18-19-14(22)15-4-8-1-9(5-15)3-10(2-8)6-15/h7-10H,1-6H2,(H,19,22)(H,20,21)/b12-11+,18-7-. The van der Waals surface area contributed by atoms with Crippen LogP contribution in [0.4, 0.5) is 0 Å². The number of carbonyl (C=O) groups excluding carboxylic acids is 1. The van der Waals surface area contributed by atoms with Crippen LogP contribution in [0.25, 0.3) is 0 Å². The maximum absolute atomic E-state index is 12.5. The average Bonchev–Trinajstić information content (AvgIpc) is 2.44. The fourth-order valence-corrected chi connectivity index (χ4v) is 4.99. The topological polar surface area (TPSA) is 78.8 Å². The molecule has 0 saturated heterocycles. The van der Waals surface area contributed by atoms with Crippen LogP contribution < -0.4 is 5.43 Å². The third-order valence-corrected chi connectivity index (χ3v) is 6.01. The second-order valence-electron chi connectivity index (χ2n) is 6.86. The summed E-state index contributed by atoms with van der Waals surface area (Å²) in [5, 5.41) is 11.7. The first kappa shape index (κ1) is 15.8. The lowest BCUT2D eigenvalue weighted by Crippen LogP contribution is -2.52. The molecule has 5 nitrogen and oxygen atoms in total. The second kappa shape index (κ2) is 5.85. The number of halogens is 2. The molecule has 4 rings (SSSR count). The molecular formula is C15H18Cl2N2O3. The van der Waals surface area contributed by atoms with Gasteiger partial charge in [-0.25, -0.2) is 10.2 Å². The predicted molar refractivity (Wildman–Crippen MR) is 83.6 cm³/mol. The molecule has 0 atom stereocenters. The quantitative estimate of drug-likeness (QED) is 0.467. The highest BCUT2D eigenvalue weighted by molar-refractivity contribution is 6.51. The summed E-state index contributed by atoms with van der Waals surface area (Å²) >= 11 is 11.2. The molecule has 0 aromatic carbocycles. The van der Waals surface area contributed by atoms with Gasteiger partial charge in [0, 0.05) is 0 Å². The van der Waals surface area contributed by atoms with Gasteiger partial charge in [-0.2, -0.15) is 5.10 Å². The molecule has 0 unspecified atom stereocenters. The largest absolute Gasteiger partial charge is 0.477 e. The Morgan fingerprint density at radius 3 is 2.05 bits per heavy atom. The van der Waals surface area contributed by atoms with E-state index in [2.05, 4.69) is 10.5 Å². The number of hydrogen-bond acceptors (Lipinski definition) is 3. The second-order valence-corrected chi connectivity index (χ2v) is 7.65. The summed E-state index contributed by atoms with van der Waals surface area (Å²) in [4.78, 5) is 23.2. The van der Waals surface area contributed by atoms with E-state index in [9.17, 15) is 9.59 Å². The van der Waals surface area contributed by atoms with Crippen molar-refractivity contribution in [3.05, 3.63) is 10.1 Å². The number of hydrogen-bond donors (Lipinski definition) is 2. The van der Waals surface area contributed by atoms with Crippen LogP contribution in [0.3, 0.4) is 0 Å². The van der Waals surface area contributed by atoms with Crippen molar-refractivity contribution in [1.82, 2.24) is 5.43 Å². The van der Waals surface area contributed by atoms with Gasteiger partial charge in [-0.3, -0.25) is 4.79 Å². The zero-order chi connectivity index (χ0) is 15.9. The molecule has 7 heteroatoms. The molecule has 0 radical (unpaired) electrons. The first-order chi connectivity index (χ1) is 10.4. The molecule has 2 N–H and O–H groups in total. The molecule has 4 fully saturated rings. The van der Waals surface area contributed by atoms with Gasteiger partial charge in [0.25, 0.3) is 0 Å². The van der Waals surface area contributed by atoms with E-state index in [0.717, 1.165) is 25.5 Å². The minimum Gasteiger partial charge on any atom is -0.477 e. The minimum atomic E-state index is -1.33. The van der Waals surface area contributed by atoms with Gasteiger partial charge in [-0.15, -0.1) is 0 Å². The molecule has 4 aliphatic rings. The molecule has 0 aromatic heterocycles. The maximum atomic E-state index is 12.5. The van der Waals surface area contributed by atoms with Crippen molar-refractivity contribution in [2.24, 2.45) is 28.3 Å². The smallest absolute Gasteiger partial charge is 0.348 e. The van der Waals surface area contributed by atoms with Crippen LogP contribution in [0.1, 0.15) is 38.5 Å². The first-order valence-electron chi connectivity index (χ1n) is 7.52. The zero-order valence-corrected chi connectivity index (χ0v) is 13.5. The number of hydrazone groups is 1. The lowest BCUT2D eigenvalue weighted by atomic mass is 9.49. The lowest BCUT2D eigenvalue weighted by Gasteiger charge is -2.55. The van der Waals surface area contributed by atoms with Gasteiger partial charge in [0.15, 0.2) is 0 Å². The summed E-state index contributed by atoms with van der Waals surface area (Å²) in [5.41, 5.74) is 2.23. The molecule has 120 valence electrons. The number of rotatable bonds is 4. The van der Waals surface area contributed by atoms with Gasteiger partial charge in [-0.05, 0) is 56.3 Å². The van der Waals surface area contributed by atoms with E-state index in [-0.39, 0.29) is 16.4 Å². The Morgan fingerprint density at radius 1 is 1.09 bits per heavy atom. The molecule has 0 spiro atoms. The van der Waals surface area contributed by atoms with Gasteiger partial charge in [0.05, 0.1) is 16.7 Å². The van der Waals surface area contributed by atoms with Crippen molar-refractivity contribution in [2.75, 3.05) is 0 Å². The lowest BCUT2D eigenvalue weighted by molar-refractivity contribution is -0.146. The monoisotopic (exact) mass is 344 g/mol. The summed E-state index contributed by atoms with van der Waals surface area (Å²) < 4.78 is 0. The number of carboxylic acids is 1. The highest BCUT2D eigenvalue weighted by atomic mass is 35.5. The normalized spacial score (nSPS) is 37.3. The Hall–Kier alpha value is -1.07. The van der Waals surface area contributed by atoms with E-state index in [4.69, 9.17) is 28.3 Å². The van der Waals surface area contributed by atoms with Gasteiger partial charge in [0.1, 0.15) is 5.03 Å². The Kier molecular flexibility index (Phi) is 4.21. The summed E-state index contributed by atoms with van der Waals surface area (Å²) in [6, 6.07) is 0. The van der Waals surface area contributed by atoms with Crippen molar-refractivity contribution in [2.45, 2.75) is 38.5 Å². The van der Waals surface area contributed by atoms with Gasteiger partial charge in [0.2, 0.25) is 5.91 Å². The minimum absolute atomic E-state index is 0.0706. The van der Waals surface area contributed by atoms with E-state index in [1.807, 2.05) is 0 Å². The van der Waals surface area contributed by atoms with Crippen LogP contribution in [-0.2, 0) is 9.59 Å². The van der Waals surface area contributed by atoms with Crippen molar-refractivity contribution in [3.8, 4) is 0 Å². The van der Waals surface area contributed by atoms with Crippen LogP contribution in [0, 0.1) is 23.2 Å². The number of allylic oxidation sites excluding steroid dienone is 1. The van der Waals surface area contributed by atoms with Crippen LogP contribution in [0.5, 0.6) is 0 Å². The molecule has 4 bridgehead atoms. The molecular weight excluding hydrogens is 327 g/mol. The van der Waals surface area contributed by atoms with Gasteiger partial charge >= 0.3 is 5.97 Å². The van der Waals surface area contributed by atoms with Crippen LogP contribution in [0.15, 0.2) is 15.2 Å². The fraction of sp³-hybridized carbons (Fsp3) is 0.667. The van der Waals surface area contributed by atoms with Gasteiger partial charge in [-0.1, -0.05) is 23.2 Å². The van der Waals surface area contributed by atoms with E-state index < -0.39 is 11.0 Å². The summed E-state index contributed by atoms with van der Waals surface area (Å²) in [7, 11) is 0. The van der Waals surface area contributed by atoms with Crippen LogP contribution >= 0.6 is 23.2 Å². The molecule has 0 aliphatic heterocycles. The fourth-order valence-electron chi connectivity index (χ4n) is 4.81. The van der Waals surface area contributed by atoms with E-state index in [1.54, 1.807) is 0 Å². The molecule has 22 heavy (non-hydrogen) atoms. The number of aliphatic carboxylic acids is 1. The van der Waals surface area contributed by atoms with Crippen molar-refractivity contribution in [1.29, 1.82) is 0 Å². The third-order valence-electron chi connectivity index (χ3n) is 5.26. The average molecular weight is 345 g/mol. The van der Waals surface area contributed by atoms with E-state index >= 15 is 0 Å². The third kappa shape index (κ3) is 2.88. The van der Waals surface area contributed by atoms with Gasteiger partial charge < -0.3 is 5.11 Å². The molecule has 0 heterocycles. The zero-order valence-electron chi connectivity index (χ0n) is 12.0. The van der Waals surface area contributed by atoms with E-state index in [0.29, 0.717) is 17.8 Å².